The Hall–Kier alpha value is -0.530. The zero-order valence-electron chi connectivity index (χ0n) is 9.97. The third kappa shape index (κ3) is 3.27. The van der Waals surface area contributed by atoms with Crippen LogP contribution in [-0.2, 0) is 6.18 Å². The number of halogens is 4. The van der Waals surface area contributed by atoms with Gasteiger partial charge < -0.3 is 4.90 Å². The molecule has 1 aromatic heterocycles. The number of piperidine rings is 1. The molecule has 1 aliphatic rings. The van der Waals surface area contributed by atoms with E-state index in [9.17, 15) is 13.2 Å². The van der Waals surface area contributed by atoms with Crippen LogP contribution in [0, 0.1) is 9.49 Å². The van der Waals surface area contributed by atoms with Gasteiger partial charge >= 0.3 is 6.18 Å². The van der Waals surface area contributed by atoms with Crippen LogP contribution in [-0.4, -0.2) is 18.1 Å². The normalized spacial score (nSPS) is 21.2. The van der Waals surface area contributed by atoms with Crippen LogP contribution in [0.15, 0.2) is 12.1 Å². The lowest BCUT2D eigenvalue weighted by atomic mass is 10.0. The maximum atomic E-state index is 12.7. The van der Waals surface area contributed by atoms with Gasteiger partial charge in [-0.05, 0) is 53.5 Å². The molecule has 0 saturated carbocycles. The Kier molecular flexibility index (Phi) is 4.03. The third-order valence-corrected chi connectivity index (χ3v) is 3.67. The SMILES string of the molecule is CC1CCCN(c2cc(I)cc(C(F)(F)F)n2)C1. The number of hydrogen-bond acceptors (Lipinski definition) is 2. The van der Waals surface area contributed by atoms with E-state index in [1.165, 1.54) is 0 Å². The first-order valence-electron chi connectivity index (χ1n) is 5.86. The lowest BCUT2D eigenvalue weighted by Gasteiger charge is -2.32. The molecule has 1 fully saturated rings. The quantitative estimate of drug-likeness (QED) is 0.697. The molecule has 2 rings (SSSR count). The fourth-order valence-electron chi connectivity index (χ4n) is 2.19. The maximum Gasteiger partial charge on any atom is 0.433 e. The highest BCUT2D eigenvalue weighted by Gasteiger charge is 2.33. The molecule has 100 valence electrons. The molecule has 1 atom stereocenters. The van der Waals surface area contributed by atoms with Gasteiger partial charge in [0, 0.05) is 16.7 Å². The molecule has 0 spiro atoms. The number of aromatic nitrogens is 1. The van der Waals surface area contributed by atoms with Gasteiger partial charge in [0.15, 0.2) is 0 Å². The van der Waals surface area contributed by atoms with Gasteiger partial charge in [0.2, 0.25) is 0 Å². The number of hydrogen-bond donors (Lipinski definition) is 0. The molecule has 2 nitrogen and oxygen atoms in total. The first-order chi connectivity index (χ1) is 8.36. The van der Waals surface area contributed by atoms with Crippen LogP contribution >= 0.6 is 22.6 Å². The van der Waals surface area contributed by atoms with Crippen LogP contribution in [0.3, 0.4) is 0 Å². The fraction of sp³-hybridized carbons (Fsp3) is 0.583. The van der Waals surface area contributed by atoms with Crippen molar-refractivity contribution in [2.24, 2.45) is 5.92 Å². The van der Waals surface area contributed by atoms with E-state index in [0.717, 1.165) is 32.0 Å². The smallest absolute Gasteiger partial charge is 0.356 e. The van der Waals surface area contributed by atoms with Crippen LogP contribution in [0.1, 0.15) is 25.5 Å². The Morgan fingerprint density at radius 3 is 2.72 bits per heavy atom. The zero-order valence-corrected chi connectivity index (χ0v) is 12.1. The number of pyridine rings is 1. The van der Waals surface area contributed by atoms with Gasteiger partial charge in [-0.2, -0.15) is 13.2 Å². The van der Waals surface area contributed by atoms with E-state index in [0.29, 0.717) is 15.3 Å². The molecular formula is C12H14F3IN2. The van der Waals surface area contributed by atoms with E-state index >= 15 is 0 Å². The topological polar surface area (TPSA) is 16.1 Å². The van der Waals surface area contributed by atoms with Crippen LogP contribution < -0.4 is 4.90 Å². The van der Waals surface area contributed by atoms with Crippen molar-refractivity contribution in [2.45, 2.75) is 25.9 Å². The van der Waals surface area contributed by atoms with Crippen molar-refractivity contribution < 1.29 is 13.2 Å². The van der Waals surface area contributed by atoms with Gasteiger partial charge in [-0.1, -0.05) is 6.92 Å². The number of anilines is 1. The number of nitrogens with zero attached hydrogens (tertiary/aromatic N) is 2. The monoisotopic (exact) mass is 370 g/mol. The average Bonchev–Trinajstić information content (AvgIpc) is 2.27. The second-order valence-corrected chi connectivity index (χ2v) is 5.97. The summed E-state index contributed by atoms with van der Waals surface area (Å²) in [7, 11) is 0. The van der Waals surface area contributed by atoms with Crippen LogP contribution in [0.2, 0.25) is 0 Å². The molecule has 2 heterocycles. The molecule has 0 amide bonds. The Labute approximate surface area is 118 Å². The summed E-state index contributed by atoms with van der Waals surface area (Å²) in [6.07, 6.45) is -2.24. The molecule has 1 saturated heterocycles. The summed E-state index contributed by atoms with van der Waals surface area (Å²) >= 11 is 1.91. The molecule has 0 radical (unpaired) electrons. The minimum atomic E-state index is -4.38. The summed E-state index contributed by atoms with van der Waals surface area (Å²) in [4.78, 5) is 5.71. The maximum absolute atomic E-state index is 12.7. The molecule has 6 heteroatoms. The summed E-state index contributed by atoms with van der Waals surface area (Å²) in [5.41, 5.74) is -0.803. The molecule has 1 unspecified atom stereocenters. The standard InChI is InChI=1S/C12H14F3IN2/c1-8-3-2-4-18(7-8)11-6-9(16)5-10(17-11)12(13,14)15/h5-6,8H,2-4,7H2,1H3. The van der Waals surface area contributed by atoms with Crippen molar-refractivity contribution in [2.75, 3.05) is 18.0 Å². The predicted molar refractivity (Wildman–Crippen MR) is 72.6 cm³/mol. The first-order valence-corrected chi connectivity index (χ1v) is 6.94. The summed E-state index contributed by atoms with van der Waals surface area (Å²) in [5, 5.41) is 0. The minimum absolute atomic E-state index is 0.445. The summed E-state index contributed by atoms with van der Waals surface area (Å²) in [5.74, 6) is 0.952. The molecule has 1 aliphatic heterocycles. The van der Waals surface area contributed by atoms with Gasteiger partial charge in [0.1, 0.15) is 11.5 Å². The summed E-state index contributed by atoms with van der Waals surface area (Å²) in [6.45, 7) is 3.68. The molecule has 18 heavy (non-hydrogen) atoms. The van der Waals surface area contributed by atoms with E-state index in [1.807, 2.05) is 27.5 Å². The molecule has 1 aromatic rings. The highest BCUT2D eigenvalue weighted by atomic mass is 127. The average molecular weight is 370 g/mol. The van der Waals surface area contributed by atoms with Crippen molar-refractivity contribution in [1.29, 1.82) is 0 Å². The van der Waals surface area contributed by atoms with Crippen LogP contribution in [0.25, 0.3) is 0 Å². The van der Waals surface area contributed by atoms with Crippen molar-refractivity contribution in [3.63, 3.8) is 0 Å². The van der Waals surface area contributed by atoms with Gasteiger partial charge in [0.05, 0.1) is 0 Å². The number of alkyl halides is 3. The largest absolute Gasteiger partial charge is 0.433 e. The van der Waals surface area contributed by atoms with E-state index in [4.69, 9.17) is 0 Å². The van der Waals surface area contributed by atoms with Gasteiger partial charge in [-0.3, -0.25) is 0 Å². The van der Waals surface area contributed by atoms with Crippen molar-refractivity contribution >= 4 is 28.4 Å². The molecular weight excluding hydrogens is 356 g/mol. The van der Waals surface area contributed by atoms with E-state index in [1.54, 1.807) is 6.07 Å². The molecule has 0 aromatic carbocycles. The summed E-state index contributed by atoms with van der Waals surface area (Å²) < 4.78 is 38.7. The minimum Gasteiger partial charge on any atom is -0.356 e. The van der Waals surface area contributed by atoms with Crippen LogP contribution in [0.5, 0.6) is 0 Å². The lowest BCUT2D eigenvalue weighted by Crippen LogP contribution is -2.35. The van der Waals surface area contributed by atoms with Crippen molar-refractivity contribution in [3.05, 3.63) is 21.4 Å². The van der Waals surface area contributed by atoms with E-state index in [-0.39, 0.29) is 0 Å². The van der Waals surface area contributed by atoms with E-state index in [2.05, 4.69) is 11.9 Å². The van der Waals surface area contributed by atoms with Crippen molar-refractivity contribution in [1.82, 2.24) is 4.98 Å². The number of rotatable bonds is 1. The van der Waals surface area contributed by atoms with Crippen LogP contribution in [0.4, 0.5) is 19.0 Å². The Morgan fingerprint density at radius 1 is 1.39 bits per heavy atom. The third-order valence-electron chi connectivity index (χ3n) is 3.05. The Bertz CT molecular complexity index is 434. The van der Waals surface area contributed by atoms with Gasteiger partial charge in [-0.15, -0.1) is 0 Å². The zero-order chi connectivity index (χ0) is 13.3. The van der Waals surface area contributed by atoms with E-state index < -0.39 is 11.9 Å². The lowest BCUT2D eigenvalue weighted by molar-refractivity contribution is -0.141. The molecule has 0 bridgehead atoms. The van der Waals surface area contributed by atoms with Gasteiger partial charge in [0.25, 0.3) is 0 Å². The second kappa shape index (κ2) is 5.22. The summed E-state index contributed by atoms with van der Waals surface area (Å²) in [6, 6.07) is 2.80. The molecule has 0 aliphatic carbocycles. The highest BCUT2D eigenvalue weighted by Crippen LogP contribution is 2.31. The predicted octanol–water partition coefficient (Wildman–Crippen LogP) is 3.94. The Balaban J connectivity index is 2.30. The van der Waals surface area contributed by atoms with Gasteiger partial charge in [-0.25, -0.2) is 4.98 Å². The second-order valence-electron chi connectivity index (χ2n) is 4.72. The van der Waals surface area contributed by atoms with Crippen molar-refractivity contribution in [3.8, 4) is 0 Å². The highest BCUT2D eigenvalue weighted by molar-refractivity contribution is 14.1. The first kappa shape index (κ1) is 13.9. The Morgan fingerprint density at radius 2 is 2.11 bits per heavy atom. The fourth-order valence-corrected chi connectivity index (χ4v) is 2.76. The molecule has 0 N–H and O–H groups in total.